The summed E-state index contributed by atoms with van der Waals surface area (Å²) in [5.41, 5.74) is 0.0357. The van der Waals surface area contributed by atoms with E-state index in [4.69, 9.17) is 0 Å². The highest BCUT2D eigenvalue weighted by molar-refractivity contribution is 7.13. The number of aliphatic carboxylic acids is 1. The number of hydrogen-bond acceptors (Lipinski definition) is 4. The number of rotatable bonds is 4. The largest absolute Gasteiger partial charge is 0.481 e. The molecule has 0 radical (unpaired) electrons. The maximum atomic E-state index is 11.8. The van der Waals surface area contributed by atoms with Crippen LogP contribution in [-0.2, 0) is 4.79 Å². The van der Waals surface area contributed by atoms with Gasteiger partial charge in [-0.2, -0.15) is 0 Å². The number of aryl methyl sites for hydroxylation is 1. The van der Waals surface area contributed by atoms with Gasteiger partial charge in [0.1, 0.15) is 0 Å². The van der Waals surface area contributed by atoms with Gasteiger partial charge in [0.05, 0.1) is 11.1 Å². The van der Waals surface area contributed by atoms with Gasteiger partial charge < -0.3 is 10.4 Å². The first-order valence-electron chi connectivity index (χ1n) is 6.72. The fraction of sp³-hybridized carbons (Fsp3) is 0.615. The molecule has 6 nitrogen and oxygen atoms in total. The van der Waals surface area contributed by atoms with Crippen molar-refractivity contribution in [2.75, 3.05) is 11.9 Å². The van der Waals surface area contributed by atoms with Crippen LogP contribution >= 0.6 is 11.3 Å². The van der Waals surface area contributed by atoms with Crippen LogP contribution in [0.25, 0.3) is 0 Å². The quantitative estimate of drug-likeness (QED) is 0.796. The van der Waals surface area contributed by atoms with Crippen LogP contribution in [0.3, 0.4) is 0 Å². The van der Waals surface area contributed by atoms with Crippen molar-refractivity contribution in [2.45, 2.75) is 39.0 Å². The second-order valence-electron chi connectivity index (χ2n) is 5.25. The molecule has 2 rings (SSSR count). The molecule has 0 aliphatic heterocycles. The lowest BCUT2D eigenvalue weighted by Crippen LogP contribution is -2.45. The van der Waals surface area contributed by atoms with Crippen molar-refractivity contribution < 1.29 is 14.7 Å². The predicted molar refractivity (Wildman–Crippen MR) is 77.0 cm³/mol. The first-order valence-corrected chi connectivity index (χ1v) is 7.60. The second-order valence-corrected chi connectivity index (χ2v) is 6.11. The molecule has 110 valence electrons. The molecule has 1 saturated carbocycles. The number of amides is 2. The minimum Gasteiger partial charge on any atom is -0.481 e. The van der Waals surface area contributed by atoms with E-state index in [0.717, 1.165) is 25.0 Å². The number of carbonyl (C=O) groups excluding carboxylic acids is 1. The Kier molecular flexibility index (Phi) is 4.59. The molecule has 1 heterocycles. The highest BCUT2D eigenvalue weighted by atomic mass is 32.1. The lowest BCUT2D eigenvalue weighted by molar-refractivity contribution is -0.150. The molecule has 1 aromatic heterocycles. The number of hydrogen-bond donors (Lipinski definition) is 3. The molecule has 0 unspecified atom stereocenters. The topological polar surface area (TPSA) is 91.3 Å². The van der Waals surface area contributed by atoms with Crippen LogP contribution in [0.1, 0.15) is 37.8 Å². The third-order valence-corrected chi connectivity index (χ3v) is 4.57. The summed E-state index contributed by atoms with van der Waals surface area (Å²) in [5, 5.41) is 17.1. The highest BCUT2D eigenvalue weighted by Gasteiger charge is 2.39. The van der Waals surface area contributed by atoms with Crippen LogP contribution in [0.2, 0.25) is 0 Å². The number of aromatic nitrogens is 1. The molecule has 1 aliphatic carbocycles. The Morgan fingerprint density at radius 2 is 2.10 bits per heavy atom. The van der Waals surface area contributed by atoms with E-state index in [0.29, 0.717) is 18.0 Å². The van der Waals surface area contributed by atoms with Crippen molar-refractivity contribution in [3.63, 3.8) is 0 Å². The first-order chi connectivity index (χ1) is 9.52. The Labute approximate surface area is 121 Å². The van der Waals surface area contributed by atoms with E-state index in [9.17, 15) is 14.7 Å². The number of carboxylic acid groups (broad SMARTS) is 1. The molecule has 0 atom stereocenters. The summed E-state index contributed by atoms with van der Waals surface area (Å²) in [6.07, 6.45) is 4.13. The van der Waals surface area contributed by atoms with E-state index >= 15 is 0 Å². The standard InChI is InChI=1S/C13H19N3O3S/c1-9-7-20-12(15-9)16-11(19)14-8-13(10(17)18)5-3-2-4-6-13/h7H,2-6,8H2,1H3,(H,17,18)(H2,14,15,16,19). The second kappa shape index (κ2) is 6.21. The van der Waals surface area contributed by atoms with Gasteiger partial charge in [-0.05, 0) is 19.8 Å². The van der Waals surface area contributed by atoms with Crippen molar-refractivity contribution in [3.8, 4) is 0 Å². The number of carbonyl (C=O) groups is 2. The summed E-state index contributed by atoms with van der Waals surface area (Å²) in [4.78, 5) is 27.4. The molecule has 1 fully saturated rings. The van der Waals surface area contributed by atoms with Gasteiger partial charge >= 0.3 is 12.0 Å². The zero-order chi connectivity index (χ0) is 14.6. The third-order valence-electron chi connectivity index (χ3n) is 3.69. The number of carboxylic acids is 1. The van der Waals surface area contributed by atoms with Crippen LogP contribution in [0.5, 0.6) is 0 Å². The fourth-order valence-corrected chi connectivity index (χ4v) is 3.18. The van der Waals surface area contributed by atoms with Crippen LogP contribution in [-0.4, -0.2) is 28.6 Å². The lowest BCUT2D eigenvalue weighted by Gasteiger charge is -2.33. The summed E-state index contributed by atoms with van der Waals surface area (Å²) >= 11 is 1.35. The minimum atomic E-state index is -0.817. The monoisotopic (exact) mass is 297 g/mol. The maximum absolute atomic E-state index is 11.8. The van der Waals surface area contributed by atoms with Gasteiger partial charge in [0.25, 0.3) is 0 Å². The summed E-state index contributed by atoms with van der Waals surface area (Å²) in [6, 6.07) is -0.398. The Balaban J connectivity index is 1.89. The molecule has 2 amide bonds. The number of thiazole rings is 1. The fourth-order valence-electron chi connectivity index (χ4n) is 2.50. The van der Waals surface area contributed by atoms with E-state index in [1.165, 1.54) is 11.3 Å². The zero-order valence-electron chi connectivity index (χ0n) is 11.4. The summed E-state index contributed by atoms with van der Waals surface area (Å²) in [6.45, 7) is 2.01. The van der Waals surface area contributed by atoms with E-state index in [-0.39, 0.29) is 6.54 Å². The SMILES string of the molecule is Cc1csc(NC(=O)NCC2(C(=O)O)CCCCC2)n1. The van der Waals surface area contributed by atoms with Gasteiger partial charge in [-0.15, -0.1) is 11.3 Å². The molecule has 1 aromatic rings. The minimum absolute atomic E-state index is 0.165. The molecule has 0 aromatic carbocycles. The molecular weight excluding hydrogens is 278 g/mol. The van der Waals surface area contributed by atoms with Gasteiger partial charge in [0.2, 0.25) is 0 Å². The van der Waals surface area contributed by atoms with Crippen molar-refractivity contribution in [2.24, 2.45) is 5.41 Å². The number of urea groups is 1. The predicted octanol–water partition coefficient (Wildman–Crippen LogP) is 2.61. The van der Waals surface area contributed by atoms with E-state index in [1.54, 1.807) is 0 Å². The Bertz CT molecular complexity index is 495. The summed E-state index contributed by atoms with van der Waals surface area (Å²) in [5.74, 6) is -0.817. The van der Waals surface area contributed by atoms with Gasteiger partial charge in [-0.1, -0.05) is 19.3 Å². The summed E-state index contributed by atoms with van der Waals surface area (Å²) < 4.78 is 0. The van der Waals surface area contributed by atoms with Crippen LogP contribution < -0.4 is 10.6 Å². The Hall–Kier alpha value is -1.63. The molecule has 0 bridgehead atoms. The molecule has 3 N–H and O–H groups in total. The smallest absolute Gasteiger partial charge is 0.321 e. The van der Waals surface area contributed by atoms with Gasteiger partial charge in [0.15, 0.2) is 5.13 Å². The Morgan fingerprint density at radius 3 is 2.65 bits per heavy atom. The molecular formula is C13H19N3O3S. The highest BCUT2D eigenvalue weighted by Crippen LogP contribution is 2.36. The van der Waals surface area contributed by atoms with Crippen molar-refractivity contribution >= 4 is 28.5 Å². The number of nitrogens with zero attached hydrogens (tertiary/aromatic N) is 1. The van der Waals surface area contributed by atoms with E-state index in [2.05, 4.69) is 15.6 Å². The summed E-state index contributed by atoms with van der Waals surface area (Å²) in [7, 11) is 0. The first kappa shape index (κ1) is 14.8. The van der Waals surface area contributed by atoms with Crippen LogP contribution in [0, 0.1) is 12.3 Å². The number of nitrogens with one attached hydrogen (secondary N) is 2. The van der Waals surface area contributed by atoms with Crippen molar-refractivity contribution in [3.05, 3.63) is 11.1 Å². The normalized spacial score (nSPS) is 17.4. The van der Waals surface area contributed by atoms with Gasteiger partial charge in [0, 0.05) is 11.9 Å². The average molecular weight is 297 g/mol. The van der Waals surface area contributed by atoms with Crippen LogP contribution in [0.4, 0.5) is 9.93 Å². The maximum Gasteiger partial charge on any atom is 0.321 e. The van der Waals surface area contributed by atoms with E-state index < -0.39 is 17.4 Å². The van der Waals surface area contributed by atoms with Crippen molar-refractivity contribution in [1.82, 2.24) is 10.3 Å². The third kappa shape index (κ3) is 3.47. The zero-order valence-corrected chi connectivity index (χ0v) is 12.3. The van der Waals surface area contributed by atoms with Crippen molar-refractivity contribution in [1.29, 1.82) is 0 Å². The lowest BCUT2D eigenvalue weighted by atomic mass is 9.74. The van der Waals surface area contributed by atoms with Crippen LogP contribution in [0.15, 0.2) is 5.38 Å². The molecule has 7 heteroatoms. The van der Waals surface area contributed by atoms with Gasteiger partial charge in [-0.25, -0.2) is 9.78 Å². The van der Waals surface area contributed by atoms with Gasteiger partial charge in [-0.3, -0.25) is 10.1 Å². The molecule has 0 spiro atoms. The van der Waals surface area contributed by atoms with E-state index in [1.807, 2.05) is 12.3 Å². The molecule has 0 saturated heterocycles. The Morgan fingerprint density at radius 1 is 1.40 bits per heavy atom. The average Bonchev–Trinajstić information content (AvgIpc) is 2.83. The molecule has 20 heavy (non-hydrogen) atoms. The number of anilines is 1. The molecule has 1 aliphatic rings.